The van der Waals surface area contributed by atoms with Crippen molar-refractivity contribution < 1.29 is 4.79 Å². The Kier molecular flexibility index (Phi) is 14.3. The minimum Gasteiger partial charge on any atom is -0.368 e. The normalized spacial score (nSPS) is 12.5. The van der Waals surface area contributed by atoms with E-state index in [1.165, 1.54) is 44.9 Å². The predicted octanol–water partition coefficient (Wildman–Crippen LogP) is 2.70. The number of primary amides is 1. The molecule has 0 aliphatic rings. The molecule has 0 aromatic heterocycles. The van der Waals surface area contributed by atoms with Crippen molar-refractivity contribution >= 4 is 5.91 Å². The predicted molar refractivity (Wildman–Crippen MR) is 86.5 cm³/mol. The summed E-state index contributed by atoms with van der Waals surface area (Å²) in [5.41, 5.74) is 10.8. The van der Waals surface area contributed by atoms with Gasteiger partial charge in [-0.1, -0.05) is 58.3 Å². The van der Waals surface area contributed by atoms with Crippen molar-refractivity contribution in [2.75, 3.05) is 13.1 Å². The monoisotopic (exact) mass is 285 g/mol. The third-order valence-electron chi connectivity index (χ3n) is 3.71. The molecule has 0 heterocycles. The molecule has 5 N–H and O–H groups in total. The third kappa shape index (κ3) is 12.4. The second-order valence-electron chi connectivity index (χ2n) is 5.67. The molecule has 0 aromatic carbocycles. The summed E-state index contributed by atoms with van der Waals surface area (Å²) in [6.07, 6.45) is 13.2. The van der Waals surface area contributed by atoms with Crippen LogP contribution in [0.25, 0.3) is 0 Å². The zero-order valence-corrected chi connectivity index (χ0v) is 13.3. The molecule has 1 atom stereocenters. The van der Waals surface area contributed by atoms with Gasteiger partial charge in [0.1, 0.15) is 0 Å². The second kappa shape index (κ2) is 14.8. The summed E-state index contributed by atoms with van der Waals surface area (Å²) in [5.74, 6) is -0.235. The first-order chi connectivity index (χ1) is 9.72. The van der Waals surface area contributed by atoms with E-state index in [-0.39, 0.29) is 11.9 Å². The van der Waals surface area contributed by atoms with Gasteiger partial charge in [0.05, 0.1) is 6.04 Å². The smallest absolute Gasteiger partial charge is 0.234 e. The van der Waals surface area contributed by atoms with E-state index in [0.29, 0.717) is 6.54 Å². The van der Waals surface area contributed by atoms with Crippen LogP contribution in [0.3, 0.4) is 0 Å². The van der Waals surface area contributed by atoms with Gasteiger partial charge in [-0.2, -0.15) is 0 Å². The van der Waals surface area contributed by atoms with Gasteiger partial charge in [-0.25, -0.2) is 0 Å². The number of nitrogens with two attached hydrogens (primary N) is 2. The van der Waals surface area contributed by atoms with Crippen molar-refractivity contribution in [3.63, 3.8) is 0 Å². The Bertz CT molecular complexity index is 222. The lowest BCUT2D eigenvalue weighted by atomic mass is 10.1. The molecule has 1 amide bonds. The quantitative estimate of drug-likeness (QED) is 0.405. The summed E-state index contributed by atoms with van der Waals surface area (Å²) in [4.78, 5) is 11.3. The number of carbonyl (C=O) groups excluding carboxylic acids is 1. The lowest BCUT2D eigenvalue weighted by Gasteiger charge is -2.15. The number of rotatable bonds is 15. The molecule has 0 aliphatic carbocycles. The number of unbranched alkanes of at least 4 members (excludes halogenated alkanes) is 8. The molecule has 120 valence electrons. The van der Waals surface area contributed by atoms with Crippen molar-refractivity contribution in [1.82, 2.24) is 5.32 Å². The summed E-state index contributed by atoms with van der Waals surface area (Å²) >= 11 is 0. The maximum absolute atomic E-state index is 11.3. The molecule has 0 saturated heterocycles. The molecule has 0 spiro atoms. The van der Waals surface area contributed by atoms with Gasteiger partial charge in [0.2, 0.25) is 5.91 Å². The number of hydrogen-bond donors (Lipinski definition) is 3. The molecule has 0 fully saturated rings. The minimum absolute atomic E-state index is 0.175. The van der Waals surface area contributed by atoms with Crippen LogP contribution in [0.15, 0.2) is 0 Å². The van der Waals surface area contributed by atoms with Crippen LogP contribution in [0, 0.1) is 0 Å². The van der Waals surface area contributed by atoms with Gasteiger partial charge in [0, 0.05) is 0 Å². The summed E-state index contributed by atoms with van der Waals surface area (Å²) in [5, 5.41) is 3.27. The topological polar surface area (TPSA) is 81.1 Å². The van der Waals surface area contributed by atoms with Crippen molar-refractivity contribution in [1.29, 1.82) is 0 Å². The number of hydrogen-bond acceptors (Lipinski definition) is 3. The molecular weight excluding hydrogens is 250 g/mol. The van der Waals surface area contributed by atoms with Crippen LogP contribution >= 0.6 is 0 Å². The highest BCUT2D eigenvalue weighted by atomic mass is 16.1. The van der Waals surface area contributed by atoms with Crippen LogP contribution in [0.5, 0.6) is 0 Å². The molecule has 20 heavy (non-hydrogen) atoms. The highest BCUT2D eigenvalue weighted by molar-refractivity contribution is 5.79. The van der Waals surface area contributed by atoms with E-state index in [2.05, 4.69) is 12.2 Å². The molecule has 0 aromatic rings. The van der Waals surface area contributed by atoms with Crippen LogP contribution in [0.2, 0.25) is 0 Å². The Morgan fingerprint density at radius 3 is 2.10 bits per heavy atom. The van der Waals surface area contributed by atoms with E-state index >= 15 is 0 Å². The summed E-state index contributed by atoms with van der Waals surface area (Å²) in [6, 6.07) is -0.175. The van der Waals surface area contributed by atoms with Gasteiger partial charge in [0.25, 0.3) is 0 Å². The highest BCUT2D eigenvalue weighted by Gasteiger charge is 2.13. The van der Waals surface area contributed by atoms with E-state index in [1.54, 1.807) is 0 Å². The van der Waals surface area contributed by atoms with E-state index in [1.807, 2.05) is 0 Å². The van der Waals surface area contributed by atoms with E-state index in [9.17, 15) is 4.79 Å². The average Bonchev–Trinajstić information content (AvgIpc) is 2.43. The minimum atomic E-state index is -0.235. The lowest BCUT2D eigenvalue weighted by Crippen LogP contribution is -2.41. The average molecular weight is 285 g/mol. The van der Waals surface area contributed by atoms with Gasteiger partial charge < -0.3 is 16.8 Å². The highest BCUT2D eigenvalue weighted by Crippen LogP contribution is 2.08. The van der Waals surface area contributed by atoms with Crippen LogP contribution in [0.4, 0.5) is 0 Å². The van der Waals surface area contributed by atoms with E-state index in [4.69, 9.17) is 11.5 Å². The maximum atomic E-state index is 11.3. The SMILES string of the molecule is CCCCCCCCCCN[C@@H](CCCCN)C(N)=O. The Balaban J connectivity index is 3.42. The molecule has 4 nitrogen and oxygen atoms in total. The lowest BCUT2D eigenvalue weighted by molar-refractivity contribution is -0.120. The molecule has 0 saturated carbocycles. The summed E-state index contributed by atoms with van der Waals surface area (Å²) in [7, 11) is 0. The molecule has 4 heteroatoms. The van der Waals surface area contributed by atoms with Crippen LogP contribution in [-0.4, -0.2) is 25.0 Å². The Morgan fingerprint density at radius 1 is 0.950 bits per heavy atom. The fraction of sp³-hybridized carbons (Fsp3) is 0.938. The number of nitrogens with one attached hydrogen (secondary N) is 1. The Labute approximate surface area is 125 Å². The van der Waals surface area contributed by atoms with Gasteiger partial charge in [-0.05, 0) is 32.4 Å². The van der Waals surface area contributed by atoms with Crippen molar-refractivity contribution in [3.05, 3.63) is 0 Å². The van der Waals surface area contributed by atoms with Gasteiger partial charge in [-0.15, -0.1) is 0 Å². The largest absolute Gasteiger partial charge is 0.368 e. The van der Waals surface area contributed by atoms with E-state index < -0.39 is 0 Å². The second-order valence-corrected chi connectivity index (χ2v) is 5.67. The summed E-state index contributed by atoms with van der Waals surface area (Å²) < 4.78 is 0. The van der Waals surface area contributed by atoms with Crippen LogP contribution in [-0.2, 0) is 4.79 Å². The molecule has 0 rings (SSSR count). The van der Waals surface area contributed by atoms with Crippen molar-refractivity contribution in [2.24, 2.45) is 11.5 Å². The standard InChI is InChI=1S/C16H35N3O/c1-2-3-4-5-6-7-8-11-14-19-15(16(18)20)12-9-10-13-17/h15,19H,2-14,17H2,1H3,(H2,18,20)/t15-/m0/s1. The fourth-order valence-electron chi connectivity index (χ4n) is 2.37. The third-order valence-corrected chi connectivity index (χ3v) is 3.71. The zero-order valence-electron chi connectivity index (χ0n) is 13.3. The maximum Gasteiger partial charge on any atom is 0.234 e. The molecule has 0 bridgehead atoms. The molecule has 0 aliphatic heterocycles. The first-order valence-electron chi connectivity index (χ1n) is 8.45. The number of carbonyl (C=O) groups is 1. The van der Waals surface area contributed by atoms with Gasteiger partial charge in [-0.3, -0.25) is 4.79 Å². The van der Waals surface area contributed by atoms with E-state index in [0.717, 1.165) is 32.2 Å². The Hall–Kier alpha value is -0.610. The van der Waals surface area contributed by atoms with Crippen LogP contribution in [0.1, 0.15) is 77.6 Å². The Morgan fingerprint density at radius 2 is 1.55 bits per heavy atom. The molecular formula is C16H35N3O. The van der Waals surface area contributed by atoms with Gasteiger partial charge in [0.15, 0.2) is 0 Å². The number of amides is 1. The zero-order chi connectivity index (χ0) is 15.1. The molecule has 0 radical (unpaired) electrons. The fourth-order valence-corrected chi connectivity index (χ4v) is 2.37. The first kappa shape index (κ1) is 19.4. The first-order valence-corrected chi connectivity index (χ1v) is 8.45. The summed E-state index contributed by atoms with van der Waals surface area (Å²) in [6.45, 7) is 3.82. The molecule has 0 unspecified atom stereocenters. The van der Waals surface area contributed by atoms with Crippen molar-refractivity contribution in [2.45, 2.75) is 83.6 Å². The van der Waals surface area contributed by atoms with Crippen LogP contribution < -0.4 is 16.8 Å². The van der Waals surface area contributed by atoms with Gasteiger partial charge >= 0.3 is 0 Å². The van der Waals surface area contributed by atoms with Crippen molar-refractivity contribution in [3.8, 4) is 0 Å².